The van der Waals surface area contributed by atoms with Gasteiger partial charge in [0.05, 0.1) is 26.4 Å². The van der Waals surface area contributed by atoms with Gasteiger partial charge in [0, 0.05) is 25.1 Å². The molecule has 0 bridgehead atoms. The molecule has 0 amide bonds. The van der Waals surface area contributed by atoms with Crippen LogP contribution >= 0.6 is 12.4 Å². The summed E-state index contributed by atoms with van der Waals surface area (Å²) in [7, 11) is 1.63. The summed E-state index contributed by atoms with van der Waals surface area (Å²) in [5.41, 5.74) is 1.89. The smallest absolute Gasteiger partial charge is 0.165 e. The topological polar surface area (TPSA) is 60.0 Å². The van der Waals surface area contributed by atoms with Crippen molar-refractivity contribution in [1.82, 2.24) is 5.32 Å². The second-order valence-corrected chi connectivity index (χ2v) is 5.71. The van der Waals surface area contributed by atoms with E-state index in [9.17, 15) is 5.11 Å². The van der Waals surface area contributed by atoms with E-state index in [-0.39, 0.29) is 12.4 Å². The minimum atomic E-state index is -0.574. The highest BCUT2D eigenvalue weighted by atomic mass is 35.5. The number of aliphatic hydroxyl groups excluding tert-OH is 1. The molecular weight excluding hydrogens is 342 g/mol. The van der Waals surface area contributed by atoms with E-state index in [1.54, 1.807) is 7.11 Å². The van der Waals surface area contributed by atoms with Crippen molar-refractivity contribution in [2.24, 2.45) is 0 Å². The SMILES string of the molecule is COc1ccc(C(O)CNCc2cccc3c2OCCCO3)cc1.Cl. The molecule has 136 valence electrons. The highest BCUT2D eigenvalue weighted by molar-refractivity contribution is 5.85. The first-order valence-corrected chi connectivity index (χ1v) is 8.18. The van der Waals surface area contributed by atoms with Crippen LogP contribution in [0.2, 0.25) is 0 Å². The summed E-state index contributed by atoms with van der Waals surface area (Å²) in [4.78, 5) is 0. The zero-order valence-electron chi connectivity index (χ0n) is 14.2. The average Bonchev–Trinajstić information content (AvgIpc) is 2.88. The number of hydrogen-bond donors (Lipinski definition) is 2. The summed E-state index contributed by atoms with van der Waals surface area (Å²) >= 11 is 0. The van der Waals surface area contributed by atoms with E-state index in [4.69, 9.17) is 14.2 Å². The Labute approximate surface area is 154 Å². The molecule has 0 fully saturated rings. The maximum Gasteiger partial charge on any atom is 0.165 e. The van der Waals surface area contributed by atoms with E-state index < -0.39 is 6.10 Å². The van der Waals surface area contributed by atoms with Gasteiger partial charge in [-0.2, -0.15) is 0 Å². The summed E-state index contributed by atoms with van der Waals surface area (Å²) < 4.78 is 16.6. The predicted octanol–water partition coefficient (Wildman–Crippen LogP) is 3.10. The molecule has 5 nitrogen and oxygen atoms in total. The van der Waals surface area contributed by atoms with Crippen LogP contribution in [0.1, 0.15) is 23.7 Å². The molecule has 25 heavy (non-hydrogen) atoms. The molecular formula is C19H24ClNO4. The van der Waals surface area contributed by atoms with Gasteiger partial charge >= 0.3 is 0 Å². The van der Waals surface area contributed by atoms with Gasteiger partial charge in [-0.15, -0.1) is 12.4 Å². The van der Waals surface area contributed by atoms with Crippen LogP contribution < -0.4 is 19.5 Å². The number of ether oxygens (including phenoxy) is 3. The third-order valence-electron chi connectivity index (χ3n) is 4.01. The van der Waals surface area contributed by atoms with E-state index in [1.807, 2.05) is 42.5 Å². The molecule has 1 heterocycles. The number of rotatable bonds is 6. The molecule has 0 radical (unpaired) electrons. The molecule has 0 aliphatic carbocycles. The molecule has 0 aromatic heterocycles. The van der Waals surface area contributed by atoms with Crippen molar-refractivity contribution in [3.05, 3.63) is 53.6 Å². The highest BCUT2D eigenvalue weighted by Crippen LogP contribution is 2.33. The van der Waals surface area contributed by atoms with Gasteiger partial charge in [0.15, 0.2) is 11.5 Å². The molecule has 0 spiro atoms. The van der Waals surface area contributed by atoms with Crippen molar-refractivity contribution in [1.29, 1.82) is 0 Å². The van der Waals surface area contributed by atoms with Gasteiger partial charge in [-0.1, -0.05) is 24.3 Å². The van der Waals surface area contributed by atoms with Crippen LogP contribution in [0.4, 0.5) is 0 Å². The number of nitrogens with one attached hydrogen (secondary N) is 1. The molecule has 3 rings (SSSR count). The van der Waals surface area contributed by atoms with Gasteiger partial charge in [0.1, 0.15) is 5.75 Å². The van der Waals surface area contributed by atoms with Crippen molar-refractivity contribution >= 4 is 12.4 Å². The molecule has 2 N–H and O–H groups in total. The molecule has 0 saturated carbocycles. The summed E-state index contributed by atoms with van der Waals surface area (Å²) in [6.45, 7) is 2.41. The first-order chi connectivity index (χ1) is 11.8. The third kappa shape index (κ3) is 5.01. The number of para-hydroxylation sites is 1. The average molecular weight is 366 g/mol. The Balaban J connectivity index is 0.00000225. The number of hydrogen-bond acceptors (Lipinski definition) is 5. The largest absolute Gasteiger partial charge is 0.497 e. The van der Waals surface area contributed by atoms with Crippen molar-refractivity contribution in [3.63, 3.8) is 0 Å². The quantitative estimate of drug-likeness (QED) is 0.823. The number of benzene rings is 2. The van der Waals surface area contributed by atoms with Gasteiger partial charge < -0.3 is 24.6 Å². The highest BCUT2D eigenvalue weighted by Gasteiger charge is 2.14. The lowest BCUT2D eigenvalue weighted by Crippen LogP contribution is -2.21. The van der Waals surface area contributed by atoms with Crippen molar-refractivity contribution < 1.29 is 19.3 Å². The zero-order valence-corrected chi connectivity index (χ0v) is 15.1. The van der Waals surface area contributed by atoms with E-state index >= 15 is 0 Å². The van der Waals surface area contributed by atoms with Crippen molar-refractivity contribution in [2.75, 3.05) is 26.9 Å². The van der Waals surface area contributed by atoms with E-state index in [1.165, 1.54) is 0 Å². The van der Waals surface area contributed by atoms with Crippen LogP contribution in [0, 0.1) is 0 Å². The first-order valence-electron chi connectivity index (χ1n) is 8.18. The number of fused-ring (bicyclic) bond motifs is 1. The minimum Gasteiger partial charge on any atom is -0.497 e. The van der Waals surface area contributed by atoms with Crippen LogP contribution in [0.15, 0.2) is 42.5 Å². The Morgan fingerprint density at radius 1 is 1.12 bits per heavy atom. The second-order valence-electron chi connectivity index (χ2n) is 5.71. The Morgan fingerprint density at radius 2 is 1.88 bits per heavy atom. The lowest BCUT2D eigenvalue weighted by atomic mass is 10.1. The van der Waals surface area contributed by atoms with Gasteiger partial charge in [-0.25, -0.2) is 0 Å². The third-order valence-corrected chi connectivity index (χ3v) is 4.01. The maximum absolute atomic E-state index is 10.3. The van der Waals surface area contributed by atoms with E-state index in [2.05, 4.69) is 5.32 Å². The maximum atomic E-state index is 10.3. The van der Waals surface area contributed by atoms with Gasteiger partial charge in [0.2, 0.25) is 0 Å². The molecule has 1 unspecified atom stereocenters. The normalized spacial score (nSPS) is 14.2. The molecule has 2 aromatic carbocycles. The van der Waals surface area contributed by atoms with Crippen LogP contribution in [-0.4, -0.2) is 32.0 Å². The number of aliphatic hydroxyl groups is 1. The van der Waals surface area contributed by atoms with E-state index in [0.29, 0.717) is 26.3 Å². The Hall–Kier alpha value is -1.95. The fraction of sp³-hybridized carbons (Fsp3) is 0.368. The van der Waals surface area contributed by atoms with Crippen molar-refractivity contribution in [3.8, 4) is 17.2 Å². The van der Waals surface area contributed by atoms with Crippen LogP contribution in [-0.2, 0) is 6.54 Å². The van der Waals surface area contributed by atoms with Crippen LogP contribution in [0.5, 0.6) is 17.2 Å². The molecule has 0 saturated heterocycles. The molecule has 2 aromatic rings. The number of methoxy groups -OCH3 is 1. The van der Waals surface area contributed by atoms with Gasteiger partial charge in [-0.3, -0.25) is 0 Å². The van der Waals surface area contributed by atoms with Gasteiger partial charge in [0.25, 0.3) is 0 Å². The lowest BCUT2D eigenvalue weighted by Gasteiger charge is -2.15. The summed E-state index contributed by atoms with van der Waals surface area (Å²) in [5.74, 6) is 2.38. The van der Waals surface area contributed by atoms with Crippen LogP contribution in [0.3, 0.4) is 0 Å². The van der Waals surface area contributed by atoms with E-state index in [0.717, 1.165) is 34.8 Å². The van der Waals surface area contributed by atoms with Crippen molar-refractivity contribution in [2.45, 2.75) is 19.1 Å². The lowest BCUT2D eigenvalue weighted by molar-refractivity contribution is 0.174. The fourth-order valence-electron chi connectivity index (χ4n) is 2.68. The molecule has 6 heteroatoms. The second kappa shape index (κ2) is 9.51. The molecule has 1 aliphatic rings. The molecule has 1 atom stereocenters. The summed E-state index contributed by atoms with van der Waals surface area (Å²) in [6, 6.07) is 13.3. The predicted molar refractivity (Wildman–Crippen MR) is 99.0 cm³/mol. The fourth-order valence-corrected chi connectivity index (χ4v) is 2.68. The Bertz CT molecular complexity index is 663. The summed E-state index contributed by atoms with van der Waals surface area (Å²) in [5, 5.41) is 13.6. The zero-order chi connectivity index (χ0) is 16.8. The first kappa shape index (κ1) is 19.4. The minimum absolute atomic E-state index is 0. The summed E-state index contributed by atoms with van der Waals surface area (Å²) in [6.07, 6.45) is 0.313. The Morgan fingerprint density at radius 3 is 2.64 bits per heavy atom. The standard InChI is InChI=1S/C19H23NO4.ClH/c1-22-16-8-6-14(7-9-16)17(21)13-20-12-15-4-2-5-18-19(15)24-11-3-10-23-18;/h2,4-9,17,20-21H,3,10-13H2,1H3;1H. The Kier molecular flexibility index (Phi) is 7.37. The van der Waals surface area contributed by atoms with Gasteiger partial charge in [-0.05, 0) is 23.8 Å². The monoisotopic (exact) mass is 365 g/mol. The number of halogens is 1. The van der Waals surface area contributed by atoms with Crippen LogP contribution in [0.25, 0.3) is 0 Å². The molecule has 1 aliphatic heterocycles.